The molecule has 0 aromatic carbocycles. The molecule has 1 N–H and O–H groups in total. The van der Waals surface area contributed by atoms with Crippen LogP contribution in [0.5, 0.6) is 0 Å². The molecular formula is C5H12BF3NS-. The van der Waals surface area contributed by atoms with Crippen LogP contribution >= 0.6 is 11.8 Å². The summed E-state index contributed by atoms with van der Waals surface area (Å²) in [7, 11) is 0. The second-order valence-corrected chi connectivity index (χ2v) is 3.25. The highest BCUT2D eigenvalue weighted by atomic mass is 32.2. The van der Waals surface area contributed by atoms with Gasteiger partial charge in [0.25, 0.3) is 0 Å². The molecule has 0 saturated heterocycles. The molecular weight excluding hydrogens is 174 g/mol. The third kappa shape index (κ3) is 10.2. The molecule has 0 aliphatic heterocycles. The van der Waals surface area contributed by atoms with Gasteiger partial charge in [-0.3, -0.25) is 0 Å². The second kappa shape index (κ2) is 5.77. The Morgan fingerprint density at radius 2 is 2.00 bits per heavy atom. The number of nitrogens with one attached hydrogen (secondary N) is 1. The first-order chi connectivity index (χ1) is 5.06. The summed E-state index contributed by atoms with van der Waals surface area (Å²) in [4.78, 5) is 0. The SMILES string of the molecule is CSCCCNC[B-](F)(F)F. The maximum atomic E-state index is 11.6. The first-order valence-electron chi connectivity index (χ1n) is 3.47. The Morgan fingerprint density at radius 1 is 1.36 bits per heavy atom. The standard InChI is InChI=1S/C5H12BF3NS/c1-11-4-2-3-10-5-6(7,8)9/h10H,2-5H2,1H3/q-1. The monoisotopic (exact) mass is 186 g/mol. The normalized spacial score (nSPS) is 12.0. The molecule has 1 nitrogen and oxygen atoms in total. The molecule has 0 heterocycles. The zero-order valence-corrected chi connectivity index (χ0v) is 7.26. The number of thioether (sulfide) groups is 1. The summed E-state index contributed by atoms with van der Waals surface area (Å²) in [5.41, 5.74) is 0. The van der Waals surface area contributed by atoms with Gasteiger partial charge in [-0.05, 0) is 31.4 Å². The van der Waals surface area contributed by atoms with E-state index in [2.05, 4.69) is 5.32 Å². The van der Waals surface area contributed by atoms with Crippen molar-refractivity contribution in [3.8, 4) is 0 Å². The van der Waals surface area contributed by atoms with E-state index < -0.39 is 13.4 Å². The molecule has 0 fully saturated rings. The van der Waals surface area contributed by atoms with Crippen molar-refractivity contribution < 1.29 is 12.9 Å². The van der Waals surface area contributed by atoms with Crippen LogP contribution < -0.4 is 5.32 Å². The van der Waals surface area contributed by atoms with Crippen molar-refractivity contribution in [2.45, 2.75) is 6.42 Å². The van der Waals surface area contributed by atoms with Gasteiger partial charge in [-0.25, -0.2) is 0 Å². The van der Waals surface area contributed by atoms with Gasteiger partial charge in [-0.2, -0.15) is 11.8 Å². The largest absolute Gasteiger partial charge is 0.491 e. The Kier molecular flexibility index (Phi) is 5.86. The summed E-state index contributed by atoms with van der Waals surface area (Å²) in [6.07, 6.45) is 1.93. The van der Waals surface area contributed by atoms with E-state index in [1.54, 1.807) is 11.8 Å². The lowest BCUT2D eigenvalue weighted by Gasteiger charge is -2.13. The van der Waals surface area contributed by atoms with Crippen LogP contribution in [0, 0.1) is 0 Å². The second-order valence-electron chi connectivity index (χ2n) is 2.26. The lowest BCUT2D eigenvalue weighted by Crippen LogP contribution is -2.34. The third-order valence-electron chi connectivity index (χ3n) is 1.08. The summed E-state index contributed by atoms with van der Waals surface area (Å²) >= 11 is 1.64. The number of rotatable bonds is 6. The minimum Gasteiger partial charge on any atom is -0.448 e. The van der Waals surface area contributed by atoms with Crippen molar-refractivity contribution in [3.63, 3.8) is 0 Å². The fraction of sp³-hybridized carbons (Fsp3) is 1.00. The van der Waals surface area contributed by atoms with Gasteiger partial charge < -0.3 is 18.3 Å². The van der Waals surface area contributed by atoms with Gasteiger partial charge in [0.1, 0.15) is 0 Å². The minimum atomic E-state index is -4.64. The molecule has 6 heteroatoms. The fourth-order valence-corrected chi connectivity index (χ4v) is 1.04. The third-order valence-corrected chi connectivity index (χ3v) is 1.77. The summed E-state index contributed by atoms with van der Waals surface area (Å²) < 4.78 is 34.7. The quantitative estimate of drug-likeness (QED) is 0.500. The van der Waals surface area contributed by atoms with Crippen LogP contribution in [-0.2, 0) is 0 Å². The molecule has 0 unspecified atom stereocenters. The Hall–Kier alpha value is 0.165. The first-order valence-corrected chi connectivity index (χ1v) is 4.86. The summed E-state index contributed by atoms with van der Waals surface area (Å²) in [6, 6.07) is 0. The molecule has 0 amide bonds. The van der Waals surface area contributed by atoms with E-state index in [0.29, 0.717) is 6.54 Å². The molecule has 0 rings (SSSR count). The average molecular weight is 186 g/mol. The molecule has 0 aromatic rings. The smallest absolute Gasteiger partial charge is 0.448 e. The van der Waals surface area contributed by atoms with Gasteiger partial charge in [0.2, 0.25) is 0 Å². The van der Waals surface area contributed by atoms with Gasteiger partial charge in [-0.15, -0.1) is 0 Å². The summed E-state index contributed by atoms with van der Waals surface area (Å²) in [5, 5.41) is 2.35. The van der Waals surface area contributed by atoms with Crippen LogP contribution in [-0.4, -0.2) is 32.0 Å². The van der Waals surface area contributed by atoms with Gasteiger partial charge in [0.05, 0.1) is 0 Å². The molecule has 0 spiro atoms. The topological polar surface area (TPSA) is 12.0 Å². The van der Waals surface area contributed by atoms with Crippen LogP contribution in [0.1, 0.15) is 6.42 Å². The zero-order chi connectivity index (χ0) is 8.74. The van der Waals surface area contributed by atoms with E-state index in [0.717, 1.165) is 12.2 Å². The van der Waals surface area contributed by atoms with Crippen LogP contribution in [0.15, 0.2) is 0 Å². The van der Waals surface area contributed by atoms with E-state index >= 15 is 0 Å². The lowest BCUT2D eigenvalue weighted by molar-refractivity contribution is 0.456. The molecule has 0 aliphatic carbocycles. The van der Waals surface area contributed by atoms with Crippen LogP contribution in [0.3, 0.4) is 0 Å². The van der Waals surface area contributed by atoms with Crippen molar-refractivity contribution in [2.75, 3.05) is 25.0 Å². The summed E-state index contributed by atoms with van der Waals surface area (Å²) in [5.74, 6) is 0.915. The van der Waals surface area contributed by atoms with E-state index in [9.17, 15) is 12.9 Å². The molecule has 0 atom stereocenters. The Balaban J connectivity index is 3.02. The van der Waals surface area contributed by atoms with Crippen LogP contribution in [0.4, 0.5) is 12.9 Å². The molecule has 0 aliphatic rings. The van der Waals surface area contributed by atoms with Crippen molar-refractivity contribution in [1.29, 1.82) is 0 Å². The first kappa shape index (κ1) is 11.2. The van der Waals surface area contributed by atoms with Crippen LogP contribution in [0.2, 0.25) is 0 Å². The maximum Gasteiger partial charge on any atom is 0.491 e. The van der Waals surface area contributed by atoms with Gasteiger partial charge >= 0.3 is 6.98 Å². The Labute approximate surface area is 69.2 Å². The van der Waals surface area contributed by atoms with Crippen molar-refractivity contribution in [2.24, 2.45) is 0 Å². The van der Waals surface area contributed by atoms with E-state index in [4.69, 9.17) is 0 Å². The Bertz CT molecular complexity index is 98.2. The van der Waals surface area contributed by atoms with Gasteiger partial charge in [0, 0.05) is 0 Å². The van der Waals surface area contributed by atoms with Gasteiger partial charge in [0.15, 0.2) is 0 Å². The molecule has 0 radical (unpaired) electrons. The highest BCUT2D eigenvalue weighted by Gasteiger charge is 2.21. The molecule has 11 heavy (non-hydrogen) atoms. The van der Waals surface area contributed by atoms with Crippen molar-refractivity contribution in [3.05, 3.63) is 0 Å². The fourth-order valence-electron chi connectivity index (χ4n) is 0.607. The number of hydrogen-bond acceptors (Lipinski definition) is 2. The molecule has 0 saturated carbocycles. The van der Waals surface area contributed by atoms with E-state index in [1.807, 2.05) is 6.26 Å². The predicted molar refractivity (Wildman–Crippen MR) is 44.9 cm³/mol. The van der Waals surface area contributed by atoms with E-state index in [1.165, 1.54) is 0 Å². The number of halogens is 3. The highest BCUT2D eigenvalue weighted by molar-refractivity contribution is 7.98. The van der Waals surface area contributed by atoms with Crippen LogP contribution in [0.25, 0.3) is 0 Å². The molecule has 0 aromatic heterocycles. The Morgan fingerprint density at radius 3 is 2.45 bits per heavy atom. The predicted octanol–water partition coefficient (Wildman–Crippen LogP) is 1.72. The highest BCUT2D eigenvalue weighted by Crippen LogP contribution is 2.05. The van der Waals surface area contributed by atoms with Crippen molar-refractivity contribution >= 4 is 18.7 Å². The van der Waals surface area contributed by atoms with Gasteiger partial charge in [-0.1, -0.05) is 0 Å². The minimum absolute atomic E-state index is 0.460. The summed E-state index contributed by atoms with van der Waals surface area (Å²) in [6.45, 7) is -4.18. The van der Waals surface area contributed by atoms with Crippen molar-refractivity contribution in [1.82, 2.24) is 5.32 Å². The number of hydrogen-bond donors (Lipinski definition) is 1. The molecule has 68 valence electrons. The average Bonchev–Trinajstić information content (AvgIpc) is 1.85. The lowest BCUT2D eigenvalue weighted by atomic mass is 9.92. The molecule has 0 bridgehead atoms. The van der Waals surface area contributed by atoms with E-state index in [-0.39, 0.29) is 0 Å². The zero-order valence-electron chi connectivity index (χ0n) is 6.45. The maximum absolute atomic E-state index is 11.6.